The number of hydrogen-bond acceptors (Lipinski definition) is 2. The van der Waals surface area contributed by atoms with E-state index in [1.807, 2.05) is 13.0 Å². The van der Waals surface area contributed by atoms with Crippen LogP contribution in [0.25, 0.3) is 0 Å². The van der Waals surface area contributed by atoms with Gasteiger partial charge in [0.05, 0.1) is 0 Å². The van der Waals surface area contributed by atoms with Crippen molar-refractivity contribution in [3.8, 4) is 0 Å². The number of esters is 1. The Morgan fingerprint density at radius 2 is 2.11 bits per heavy atom. The molecule has 0 radical (unpaired) electrons. The highest BCUT2D eigenvalue weighted by atomic mass is 16.5. The molecular weight excluding hydrogens is 116 g/mol. The second-order valence-electron chi connectivity index (χ2n) is 1.82. The van der Waals surface area contributed by atoms with Crippen LogP contribution >= 0.6 is 0 Å². The summed E-state index contributed by atoms with van der Waals surface area (Å²) in [6.45, 7) is 5.16. The normalized spacial score (nSPS) is 11.2. The lowest BCUT2D eigenvalue weighted by Gasteiger charge is -1.97. The summed E-state index contributed by atoms with van der Waals surface area (Å²) in [6, 6.07) is 0. The van der Waals surface area contributed by atoms with E-state index in [1.165, 1.54) is 6.92 Å². The fourth-order valence-electron chi connectivity index (χ4n) is 0.556. The molecule has 0 aliphatic rings. The van der Waals surface area contributed by atoms with Crippen molar-refractivity contribution in [1.82, 2.24) is 0 Å². The predicted molar refractivity (Wildman–Crippen MR) is 35.8 cm³/mol. The average molecular weight is 128 g/mol. The number of hydrogen-bond donors (Lipinski definition) is 0. The van der Waals surface area contributed by atoms with Crippen molar-refractivity contribution in [3.63, 3.8) is 0 Å². The summed E-state index contributed by atoms with van der Waals surface area (Å²) in [6.07, 6.45) is 2.76. The lowest BCUT2D eigenvalue weighted by atomic mass is 10.4. The topological polar surface area (TPSA) is 26.3 Å². The monoisotopic (exact) mass is 128 g/mol. The molecule has 0 saturated heterocycles. The third-order valence-corrected chi connectivity index (χ3v) is 0.796. The standard InChI is InChI=1S/C7H12O2/c1-4-5-6(2)9-7(3)8/h5H,4H2,1-3H3/b6-5+. The molecule has 2 nitrogen and oxygen atoms in total. The molecule has 0 aliphatic heterocycles. The summed E-state index contributed by atoms with van der Waals surface area (Å²) in [5, 5.41) is 0. The minimum atomic E-state index is -0.253. The van der Waals surface area contributed by atoms with E-state index < -0.39 is 0 Å². The van der Waals surface area contributed by atoms with Crippen LogP contribution in [0.15, 0.2) is 11.8 Å². The zero-order valence-electron chi connectivity index (χ0n) is 6.10. The van der Waals surface area contributed by atoms with Crippen LogP contribution in [0.5, 0.6) is 0 Å². The van der Waals surface area contributed by atoms with E-state index in [1.54, 1.807) is 6.92 Å². The molecule has 52 valence electrons. The second-order valence-corrected chi connectivity index (χ2v) is 1.82. The van der Waals surface area contributed by atoms with Crippen molar-refractivity contribution in [2.45, 2.75) is 27.2 Å². The van der Waals surface area contributed by atoms with Crippen molar-refractivity contribution < 1.29 is 9.53 Å². The minimum Gasteiger partial charge on any atom is -0.432 e. The number of allylic oxidation sites excluding steroid dienone is 2. The zero-order valence-corrected chi connectivity index (χ0v) is 6.10. The summed E-state index contributed by atoms with van der Waals surface area (Å²) in [5.41, 5.74) is 0. The number of carbonyl (C=O) groups is 1. The molecule has 0 rings (SSSR count). The molecule has 2 heteroatoms. The molecule has 0 saturated carbocycles. The highest BCUT2D eigenvalue weighted by Gasteiger charge is 1.91. The van der Waals surface area contributed by atoms with Gasteiger partial charge in [-0.2, -0.15) is 0 Å². The second kappa shape index (κ2) is 4.13. The lowest BCUT2D eigenvalue weighted by Crippen LogP contribution is -1.94. The van der Waals surface area contributed by atoms with Crippen LogP contribution in [0.3, 0.4) is 0 Å². The van der Waals surface area contributed by atoms with Gasteiger partial charge in [0, 0.05) is 6.92 Å². The number of carbonyl (C=O) groups excluding carboxylic acids is 1. The third kappa shape index (κ3) is 5.07. The average Bonchev–Trinajstić information content (AvgIpc) is 1.63. The van der Waals surface area contributed by atoms with E-state index in [0.717, 1.165) is 6.42 Å². The van der Waals surface area contributed by atoms with Gasteiger partial charge in [-0.3, -0.25) is 4.79 Å². The van der Waals surface area contributed by atoms with Crippen LogP contribution in [0.1, 0.15) is 27.2 Å². The maximum atomic E-state index is 10.3. The fourth-order valence-corrected chi connectivity index (χ4v) is 0.556. The van der Waals surface area contributed by atoms with Gasteiger partial charge in [-0.05, 0) is 19.4 Å². The van der Waals surface area contributed by atoms with Gasteiger partial charge in [0.1, 0.15) is 5.76 Å². The number of rotatable bonds is 2. The fraction of sp³-hybridized carbons (Fsp3) is 0.571. The first-order chi connectivity index (χ1) is 4.16. The Balaban J connectivity index is 3.62. The van der Waals surface area contributed by atoms with Crippen LogP contribution < -0.4 is 0 Å². The summed E-state index contributed by atoms with van der Waals surface area (Å²) >= 11 is 0. The number of ether oxygens (including phenoxy) is 1. The Hall–Kier alpha value is -0.790. The molecule has 0 spiro atoms. The van der Waals surface area contributed by atoms with Crippen molar-refractivity contribution >= 4 is 5.97 Å². The molecule has 0 bridgehead atoms. The van der Waals surface area contributed by atoms with Crippen LogP contribution in [0.2, 0.25) is 0 Å². The van der Waals surface area contributed by atoms with Gasteiger partial charge >= 0.3 is 5.97 Å². The van der Waals surface area contributed by atoms with Crippen molar-refractivity contribution in [2.75, 3.05) is 0 Å². The van der Waals surface area contributed by atoms with Gasteiger partial charge in [0.25, 0.3) is 0 Å². The van der Waals surface area contributed by atoms with E-state index in [-0.39, 0.29) is 5.97 Å². The van der Waals surface area contributed by atoms with Gasteiger partial charge in [-0.15, -0.1) is 0 Å². The van der Waals surface area contributed by atoms with Crippen molar-refractivity contribution in [3.05, 3.63) is 11.8 Å². The highest BCUT2D eigenvalue weighted by molar-refractivity contribution is 5.67. The molecule has 0 atom stereocenters. The lowest BCUT2D eigenvalue weighted by molar-refractivity contribution is -0.136. The third-order valence-electron chi connectivity index (χ3n) is 0.796. The molecular formula is C7H12O2. The predicted octanol–water partition coefficient (Wildman–Crippen LogP) is 1.86. The zero-order chi connectivity index (χ0) is 7.28. The Labute approximate surface area is 55.5 Å². The molecule has 0 heterocycles. The Morgan fingerprint density at radius 3 is 2.44 bits per heavy atom. The molecule has 0 N–H and O–H groups in total. The maximum Gasteiger partial charge on any atom is 0.307 e. The first kappa shape index (κ1) is 8.21. The van der Waals surface area contributed by atoms with Gasteiger partial charge in [-0.25, -0.2) is 0 Å². The summed E-state index contributed by atoms with van der Waals surface area (Å²) in [7, 11) is 0. The summed E-state index contributed by atoms with van der Waals surface area (Å²) in [4.78, 5) is 10.3. The van der Waals surface area contributed by atoms with E-state index in [9.17, 15) is 4.79 Å². The molecule has 0 aromatic carbocycles. The molecule has 0 amide bonds. The molecule has 0 aromatic rings. The Morgan fingerprint density at radius 1 is 1.56 bits per heavy atom. The van der Waals surface area contributed by atoms with Gasteiger partial charge in [-0.1, -0.05) is 6.92 Å². The van der Waals surface area contributed by atoms with Crippen LogP contribution in [-0.2, 0) is 9.53 Å². The largest absolute Gasteiger partial charge is 0.432 e. The summed E-state index contributed by atoms with van der Waals surface area (Å²) < 4.78 is 4.71. The molecule has 0 aliphatic carbocycles. The smallest absolute Gasteiger partial charge is 0.307 e. The highest BCUT2D eigenvalue weighted by Crippen LogP contribution is 1.96. The van der Waals surface area contributed by atoms with Crippen LogP contribution in [-0.4, -0.2) is 5.97 Å². The molecule has 9 heavy (non-hydrogen) atoms. The molecule has 0 unspecified atom stereocenters. The van der Waals surface area contributed by atoms with E-state index >= 15 is 0 Å². The molecule has 0 aromatic heterocycles. The quantitative estimate of drug-likeness (QED) is 0.419. The van der Waals surface area contributed by atoms with Crippen molar-refractivity contribution in [1.29, 1.82) is 0 Å². The first-order valence-electron chi connectivity index (χ1n) is 3.02. The van der Waals surface area contributed by atoms with E-state index in [2.05, 4.69) is 0 Å². The van der Waals surface area contributed by atoms with E-state index in [4.69, 9.17) is 4.74 Å². The van der Waals surface area contributed by atoms with Crippen molar-refractivity contribution in [2.24, 2.45) is 0 Å². The first-order valence-corrected chi connectivity index (χ1v) is 3.02. The Bertz CT molecular complexity index is 125. The minimum absolute atomic E-state index is 0.253. The summed E-state index contributed by atoms with van der Waals surface area (Å²) in [5.74, 6) is 0.433. The van der Waals surface area contributed by atoms with Crippen LogP contribution in [0.4, 0.5) is 0 Å². The van der Waals surface area contributed by atoms with Gasteiger partial charge in [0.15, 0.2) is 0 Å². The SMILES string of the molecule is CC/C=C(\C)OC(C)=O. The van der Waals surface area contributed by atoms with Gasteiger partial charge in [0.2, 0.25) is 0 Å². The Kier molecular flexibility index (Phi) is 3.76. The van der Waals surface area contributed by atoms with Crippen LogP contribution in [0, 0.1) is 0 Å². The van der Waals surface area contributed by atoms with Gasteiger partial charge < -0.3 is 4.74 Å². The maximum absolute atomic E-state index is 10.3. The van der Waals surface area contributed by atoms with E-state index in [0.29, 0.717) is 5.76 Å². The molecule has 0 fully saturated rings.